The Hall–Kier alpha value is -1.95. The maximum absolute atomic E-state index is 14.4. The Bertz CT molecular complexity index is 680. The molecule has 1 heterocycles. The zero-order valence-electron chi connectivity index (χ0n) is 16.4. The number of anilines is 1. The van der Waals surface area contributed by atoms with Gasteiger partial charge in [-0.15, -0.1) is 0 Å². The van der Waals surface area contributed by atoms with Gasteiger partial charge in [0.1, 0.15) is 5.82 Å². The van der Waals surface area contributed by atoms with Crippen molar-refractivity contribution >= 4 is 17.4 Å². The van der Waals surface area contributed by atoms with E-state index in [-0.39, 0.29) is 17.5 Å². The van der Waals surface area contributed by atoms with E-state index in [1.54, 1.807) is 12.1 Å². The molecule has 5 nitrogen and oxygen atoms in total. The minimum Gasteiger partial charge on any atom is -0.366 e. The monoisotopic (exact) mass is 375 g/mol. The number of ketones is 1. The molecule has 6 heteroatoms. The van der Waals surface area contributed by atoms with Crippen molar-refractivity contribution in [2.75, 3.05) is 44.2 Å². The summed E-state index contributed by atoms with van der Waals surface area (Å²) in [4.78, 5) is 30.3. The van der Waals surface area contributed by atoms with Crippen molar-refractivity contribution in [2.24, 2.45) is 0 Å². The van der Waals surface area contributed by atoms with Gasteiger partial charge in [-0.05, 0) is 44.5 Å². The van der Waals surface area contributed by atoms with Gasteiger partial charge in [-0.3, -0.25) is 14.5 Å². The van der Waals surface area contributed by atoms with E-state index in [1.807, 2.05) is 9.80 Å². The largest absolute Gasteiger partial charge is 0.366 e. The quantitative estimate of drug-likeness (QED) is 0.717. The summed E-state index contributed by atoms with van der Waals surface area (Å²) in [6.45, 7) is 7.38. The Morgan fingerprint density at radius 1 is 1.15 bits per heavy atom. The third-order valence-corrected chi connectivity index (χ3v) is 5.91. The number of piperazine rings is 1. The average molecular weight is 375 g/mol. The first kappa shape index (κ1) is 19.8. The number of Topliss-reactive ketones (excluding diaryl/α,β-unsaturated/α-hetero) is 1. The molecule has 1 amide bonds. The first-order valence-corrected chi connectivity index (χ1v) is 10.1. The number of hydrogen-bond donors (Lipinski definition) is 0. The van der Waals surface area contributed by atoms with E-state index < -0.39 is 0 Å². The van der Waals surface area contributed by atoms with Crippen LogP contribution in [0.4, 0.5) is 10.1 Å². The van der Waals surface area contributed by atoms with Crippen molar-refractivity contribution in [3.63, 3.8) is 0 Å². The Morgan fingerprint density at radius 2 is 1.81 bits per heavy atom. The van der Waals surface area contributed by atoms with E-state index >= 15 is 0 Å². The van der Waals surface area contributed by atoms with Gasteiger partial charge in [-0.25, -0.2) is 4.39 Å². The maximum Gasteiger partial charge on any atom is 0.236 e. The minimum atomic E-state index is -0.374. The highest BCUT2D eigenvalue weighted by molar-refractivity contribution is 5.94. The van der Waals surface area contributed by atoms with Gasteiger partial charge < -0.3 is 9.80 Å². The molecular weight excluding hydrogens is 345 g/mol. The van der Waals surface area contributed by atoms with E-state index in [0.717, 1.165) is 6.54 Å². The van der Waals surface area contributed by atoms with Crippen LogP contribution in [-0.4, -0.2) is 66.8 Å². The molecule has 1 aromatic carbocycles. The molecule has 1 saturated heterocycles. The number of carbonyl (C=O) groups excluding carboxylic acids is 2. The van der Waals surface area contributed by atoms with Gasteiger partial charge in [0.2, 0.25) is 5.91 Å². The number of likely N-dealkylation sites (N-methyl/N-ethyl adjacent to an activating group) is 1. The Kier molecular flexibility index (Phi) is 6.47. The predicted octanol–water partition coefficient (Wildman–Crippen LogP) is 2.94. The molecule has 0 N–H and O–H groups in total. The predicted molar refractivity (Wildman–Crippen MR) is 105 cm³/mol. The summed E-state index contributed by atoms with van der Waals surface area (Å²) in [6, 6.07) is 5.19. The molecule has 0 bridgehead atoms. The fourth-order valence-electron chi connectivity index (χ4n) is 4.22. The van der Waals surface area contributed by atoms with Crippen molar-refractivity contribution < 1.29 is 14.0 Å². The van der Waals surface area contributed by atoms with E-state index in [1.165, 1.54) is 38.7 Å². The summed E-state index contributed by atoms with van der Waals surface area (Å²) in [5, 5.41) is 0. The zero-order valence-corrected chi connectivity index (χ0v) is 16.4. The summed E-state index contributed by atoms with van der Waals surface area (Å²) >= 11 is 0. The van der Waals surface area contributed by atoms with Crippen molar-refractivity contribution in [3.05, 3.63) is 29.6 Å². The first-order chi connectivity index (χ1) is 13.0. The first-order valence-electron chi connectivity index (χ1n) is 10.1. The zero-order chi connectivity index (χ0) is 19.4. The second-order valence-corrected chi connectivity index (χ2v) is 7.59. The number of carbonyl (C=O) groups is 2. The minimum absolute atomic E-state index is 0.140. The van der Waals surface area contributed by atoms with Crippen LogP contribution in [0.3, 0.4) is 0 Å². The van der Waals surface area contributed by atoms with Gasteiger partial charge in [0.05, 0.1) is 12.2 Å². The molecule has 3 rings (SSSR count). The molecule has 1 aromatic rings. The standard InChI is InChI=1S/C21H30FN3O2/c1-3-23(18-6-4-5-7-18)15-21(27)25-12-10-24(11-13-25)20-9-8-17(16(2)26)14-19(20)22/h8-9,14,18H,3-7,10-13,15H2,1-2H3. The molecule has 27 heavy (non-hydrogen) atoms. The molecule has 148 valence electrons. The highest BCUT2D eigenvalue weighted by atomic mass is 19.1. The summed E-state index contributed by atoms with van der Waals surface area (Å²) in [5.41, 5.74) is 0.893. The van der Waals surface area contributed by atoms with Gasteiger partial charge in [-0.2, -0.15) is 0 Å². The molecule has 1 aliphatic heterocycles. The number of rotatable bonds is 6. The lowest BCUT2D eigenvalue weighted by Gasteiger charge is -2.37. The summed E-state index contributed by atoms with van der Waals surface area (Å²) in [6.07, 6.45) is 4.93. The third kappa shape index (κ3) is 4.67. The van der Waals surface area contributed by atoms with Gasteiger partial charge in [0, 0.05) is 37.8 Å². The molecule has 2 aliphatic rings. The fraction of sp³-hybridized carbons (Fsp3) is 0.619. The van der Waals surface area contributed by atoms with Crippen molar-refractivity contribution in [2.45, 2.75) is 45.6 Å². The fourth-order valence-corrected chi connectivity index (χ4v) is 4.22. The SMILES string of the molecule is CCN(CC(=O)N1CCN(c2ccc(C(C)=O)cc2F)CC1)C1CCCC1. The Morgan fingerprint density at radius 3 is 2.37 bits per heavy atom. The van der Waals surface area contributed by atoms with Crippen LogP contribution in [0.5, 0.6) is 0 Å². The topological polar surface area (TPSA) is 43.9 Å². The lowest BCUT2D eigenvalue weighted by atomic mass is 10.1. The molecule has 1 saturated carbocycles. The number of benzene rings is 1. The van der Waals surface area contributed by atoms with Crippen LogP contribution in [-0.2, 0) is 4.79 Å². The van der Waals surface area contributed by atoms with Crippen LogP contribution in [0.1, 0.15) is 49.9 Å². The molecule has 0 radical (unpaired) electrons. The second-order valence-electron chi connectivity index (χ2n) is 7.59. The van der Waals surface area contributed by atoms with E-state index in [2.05, 4.69) is 11.8 Å². The molecule has 0 atom stereocenters. The lowest BCUT2D eigenvalue weighted by Crippen LogP contribution is -2.52. The number of hydrogen-bond acceptors (Lipinski definition) is 4. The lowest BCUT2D eigenvalue weighted by molar-refractivity contribution is -0.133. The number of amides is 1. The summed E-state index contributed by atoms with van der Waals surface area (Å²) in [5.74, 6) is -0.338. The van der Waals surface area contributed by atoms with Crippen LogP contribution in [0, 0.1) is 5.82 Å². The molecule has 2 fully saturated rings. The average Bonchev–Trinajstić information content (AvgIpc) is 3.20. The van der Waals surface area contributed by atoms with Crippen LogP contribution >= 0.6 is 0 Å². The molecule has 1 aliphatic carbocycles. The summed E-state index contributed by atoms with van der Waals surface area (Å²) < 4.78 is 14.4. The van der Waals surface area contributed by atoms with Crippen LogP contribution in [0.15, 0.2) is 18.2 Å². The summed E-state index contributed by atoms with van der Waals surface area (Å²) in [7, 11) is 0. The smallest absolute Gasteiger partial charge is 0.236 e. The van der Waals surface area contributed by atoms with Crippen molar-refractivity contribution in [1.29, 1.82) is 0 Å². The normalized spacial score (nSPS) is 18.4. The van der Waals surface area contributed by atoms with Gasteiger partial charge >= 0.3 is 0 Å². The van der Waals surface area contributed by atoms with Crippen LogP contribution in [0.25, 0.3) is 0 Å². The van der Waals surface area contributed by atoms with E-state index in [0.29, 0.717) is 50.0 Å². The molecule has 0 spiro atoms. The van der Waals surface area contributed by atoms with E-state index in [4.69, 9.17) is 0 Å². The van der Waals surface area contributed by atoms with E-state index in [9.17, 15) is 14.0 Å². The van der Waals surface area contributed by atoms with Gasteiger partial charge in [-0.1, -0.05) is 19.8 Å². The second kappa shape index (κ2) is 8.83. The Balaban J connectivity index is 1.55. The molecule has 0 unspecified atom stereocenters. The highest BCUT2D eigenvalue weighted by Gasteiger charge is 2.27. The van der Waals surface area contributed by atoms with Crippen molar-refractivity contribution in [3.8, 4) is 0 Å². The van der Waals surface area contributed by atoms with Crippen LogP contribution in [0.2, 0.25) is 0 Å². The third-order valence-electron chi connectivity index (χ3n) is 5.91. The van der Waals surface area contributed by atoms with Crippen molar-refractivity contribution in [1.82, 2.24) is 9.80 Å². The molecular formula is C21H30FN3O2. The number of nitrogens with zero attached hydrogens (tertiary/aromatic N) is 3. The van der Waals surface area contributed by atoms with Gasteiger partial charge in [0.25, 0.3) is 0 Å². The van der Waals surface area contributed by atoms with Gasteiger partial charge in [0.15, 0.2) is 5.78 Å². The highest BCUT2D eigenvalue weighted by Crippen LogP contribution is 2.24. The Labute approximate surface area is 161 Å². The van der Waals surface area contributed by atoms with Crippen LogP contribution < -0.4 is 4.90 Å². The molecule has 0 aromatic heterocycles. The maximum atomic E-state index is 14.4. The number of halogens is 1.